The molecule has 0 heterocycles. The van der Waals surface area contributed by atoms with E-state index in [0.29, 0.717) is 5.75 Å². The fourth-order valence-corrected chi connectivity index (χ4v) is 2.34. The number of fused-ring (bicyclic) bond motifs is 1. The standard InChI is InChI=1S/C19H17NO2/c1-13-7-8-14(2)18(11-13)20-19(21)22-17-10-9-15-5-3-4-6-16(15)12-17/h3-12H,1-2H3,(H,20,21). The third kappa shape index (κ3) is 3.09. The fraction of sp³-hybridized carbons (Fsp3) is 0.105. The number of hydrogen-bond donors (Lipinski definition) is 1. The summed E-state index contributed by atoms with van der Waals surface area (Å²) in [6, 6.07) is 19.5. The minimum atomic E-state index is -0.482. The van der Waals surface area contributed by atoms with Gasteiger partial charge in [-0.3, -0.25) is 5.32 Å². The lowest BCUT2D eigenvalue weighted by Gasteiger charge is -2.10. The first-order valence-corrected chi connectivity index (χ1v) is 7.17. The van der Waals surface area contributed by atoms with Gasteiger partial charge in [0.05, 0.1) is 0 Å². The molecule has 0 fully saturated rings. The van der Waals surface area contributed by atoms with Crippen molar-refractivity contribution in [3.05, 3.63) is 71.8 Å². The van der Waals surface area contributed by atoms with E-state index in [0.717, 1.165) is 27.6 Å². The van der Waals surface area contributed by atoms with Gasteiger partial charge < -0.3 is 4.74 Å². The third-order valence-corrected chi connectivity index (χ3v) is 3.56. The van der Waals surface area contributed by atoms with E-state index in [1.165, 1.54) is 0 Å². The number of amides is 1. The van der Waals surface area contributed by atoms with Gasteiger partial charge in [-0.05, 0) is 53.9 Å². The minimum Gasteiger partial charge on any atom is -0.410 e. The van der Waals surface area contributed by atoms with E-state index in [-0.39, 0.29) is 0 Å². The first kappa shape index (κ1) is 14.1. The van der Waals surface area contributed by atoms with Crippen molar-refractivity contribution in [1.29, 1.82) is 0 Å². The molecule has 0 bridgehead atoms. The average molecular weight is 291 g/mol. The van der Waals surface area contributed by atoms with Crippen LogP contribution in [0.25, 0.3) is 10.8 Å². The molecule has 3 nitrogen and oxygen atoms in total. The van der Waals surface area contributed by atoms with Crippen LogP contribution in [0.15, 0.2) is 60.7 Å². The van der Waals surface area contributed by atoms with Crippen molar-refractivity contribution in [3.8, 4) is 5.75 Å². The molecular weight excluding hydrogens is 274 g/mol. The van der Waals surface area contributed by atoms with Crippen LogP contribution in [0, 0.1) is 13.8 Å². The number of anilines is 1. The molecule has 3 heteroatoms. The molecule has 22 heavy (non-hydrogen) atoms. The Morgan fingerprint density at radius 3 is 2.50 bits per heavy atom. The Hall–Kier alpha value is -2.81. The first-order valence-electron chi connectivity index (χ1n) is 7.17. The second-order valence-electron chi connectivity index (χ2n) is 5.34. The molecule has 0 unspecified atom stereocenters. The molecule has 0 radical (unpaired) electrons. The van der Waals surface area contributed by atoms with E-state index in [9.17, 15) is 4.79 Å². The predicted octanol–water partition coefficient (Wildman–Crippen LogP) is 5.07. The average Bonchev–Trinajstić information content (AvgIpc) is 2.51. The van der Waals surface area contributed by atoms with Gasteiger partial charge in [-0.25, -0.2) is 4.79 Å². The lowest BCUT2D eigenvalue weighted by atomic mass is 10.1. The van der Waals surface area contributed by atoms with E-state index in [1.807, 2.05) is 68.4 Å². The van der Waals surface area contributed by atoms with Crippen molar-refractivity contribution in [3.63, 3.8) is 0 Å². The summed E-state index contributed by atoms with van der Waals surface area (Å²) >= 11 is 0. The number of carbonyl (C=O) groups excluding carboxylic acids is 1. The van der Waals surface area contributed by atoms with Crippen LogP contribution < -0.4 is 10.1 Å². The maximum absolute atomic E-state index is 12.0. The molecule has 3 rings (SSSR count). The summed E-state index contributed by atoms with van der Waals surface area (Å²) in [5.74, 6) is 0.529. The van der Waals surface area contributed by atoms with Crippen LogP contribution >= 0.6 is 0 Å². The van der Waals surface area contributed by atoms with E-state index in [4.69, 9.17) is 4.74 Å². The molecular formula is C19H17NO2. The smallest absolute Gasteiger partial charge is 0.410 e. The zero-order valence-electron chi connectivity index (χ0n) is 12.6. The molecule has 0 atom stereocenters. The highest BCUT2D eigenvalue weighted by molar-refractivity contribution is 5.89. The maximum atomic E-state index is 12.0. The highest BCUT2D eigenvalue weighted by Crippen LogP contribution is 2.22. The van der Waals surface area contributed by atoms with Crippen LogP contribution in [-0.4, -0.2) is 6.09 Å². The second kappa shape index (κ2) is 5.90. The Morgan fingerprint density at radius 1 is 0.909 bits per heavy atom. The number of nitrogens with one attached hydrogen (secondary N) is 1. The lowest BCUT2D eigenvalue weighted by molar-refractivity contribution is 0.215. The minimum absolute atomic E-state index is 0.482. The Morgan fingerprint density at radius 2 is 1.68 bits per heavy atom. The second-order valence-corrected chi connectivity index (χ2v) is 5.34. The van der Waals surface area contributed by atoms with Gasteiger partial charge in [-0.2, -0.15) is 0 Å². The van der Waals surface area contributed by atoms with E-state index >= 15 is 0 Å². The van der Waals surface area contributed by atoms with Crippen LogP contribution in [0.3, 0.4) is 0 Å². The Balaban J connectivity index is 1.76. The molecule has 0 aromatic heterocycles. The topological polar surface area (TPSA) is 38.3 Å². The Bertz CT molecular complexity index is 840. The zero-order chi connectivity index (χ0) is 15.5. The van der Waals surface area contributed by atoms with Crippen LogP contribution in [-0.2, 0) is 0 Å². The monoisotopic (exact) mass is 291 g/mol. The molecule has 0 aliphatic rings. The number of carbonyl (C=O) groups is 1. The Kier molecular flexibility index (Phi) is 3.79. The summed E-state index contributed by atoms with van der Waals surface area (Å²) in [5.41, 5.74) is 2.86. The summed E-state index contributed by atoms with van der Waals surface area (Å²) in [5, 5.41) is 4.94. The lowest BCUT2D eigenvalue weighted by Crippen LogP contribution is -2.17. The van der Waals surface area contributed by atoms with E-state index < -0.39 is 6.09 Å². The summed E-state index contributed by atoms with van der Waals surface area (Å²) in [6.45, 7) is 3.93. The van der Waals surface area contributed by atoms with Gasteiger partial charge in [0, 0.05) is 5.69 Å². The number of rotatable bonds is 2. The predicted molar refractivity (Wildman–Crippen MR) is 89.5 cm³/mol. The number of hydrogen-bond acceptors (Lipinski definition) is 2. The molecule has 3 aromatic rings. The van der Waals surface area contributed by atoms with Gasteiger partial charge >= 0.3 is 6.09 Å². The van der Waals surface area contributed by atoms with Crippen molar-refractivity contribution in [2.24, 2.45) is 0 Å². The molecule has 0 aliphatic carbocycles. The van der Waals surface area contributed by atoms with Crippen molar-refractivity contribution in [2.45, 2.75) is 13.8 Å². The summed E-state index contributed by atoms with van der Waals surface area (Å²) in [6.07, 6.45) is -0.482. The molecule has 0 saturated heterocycles. The van der Waals surface area contributed by atoms with Crippen molar-refractivity contribution < 1.29 is 9.53 Å². The van der Waals surface area contributed by atoms with Gasteiger partial charge in [0.25, 0.3) is 0 Å². The van der Waals surface area contributed by atoms with Gasteiger partial charge in [-0.1, -0.05) is 42.5 Å². The number of benzene rings is 3. The molecule has 0 saturated carbocycles. The number of aryl methyl sites for hydroxylation is 2. The fourth-order valence-electron chi connectivity index (χ4n) is 2.34. The largest absolute Gasteiger partial charge is 0.417 e. The van der Waals surface area contributed by atoms with Crippen LogP contribution in [0.5, 0.6) is 5.75 Å². The molecule has 1 N–H and O–H groups in total. The SMILES string of the molecule is Cc1ccc(C)c(NC(=O)Oc2ccc3ccccc3c2)c1. The molecule has 0 spiro atoms. The van der Waals surface area contributed by atoms with Crippen LogP contribution in [0.1, 0.15) is 11.1 Å². The van der Waals surface area contributed by atoms with Crippen molar-refractivity contribution >= 4 is 22.6 Å². The Labute approximate surface area is 129 Å². The van der Waals surface area contributed by atoms with Gasteiger partial charge in [0.2, 0.25) is 0 Å². The highest BCUT2D eigenvalue weighted by Gasteiger charge is 2.08. The first-order chi connectivity index (χ1) is 10.6. The molecule has 110 valence electrons. The summed E-state index contributed by atoms with van der Waals surface area (Å²) in [7, 11) is 0. The number of ether oxygens (including phenoxy) is 1. The van der Waals surface area contributed by atoms with E-state index in [2.05, 4.69) is 5.32 Å². The van der Waals surface area contributed by atoms with Gasteiger partial charge in [0.15, 0.2) is 0 Å². The van der Waals surface area contributed by atoms with Gasteiger partial charge in [-0.15, -0.1) is 0 Å². The summed E-state index contributed by atoms with van der Waals surface area (Å²) < 4.78 is 5.37. The third-order valence-electron chi connectivity index (χ3n) is 3.56. The molecule has 3 aromatic carbocycles. The maximum Gasteiger partial charge on any atom is 0.417 e. The zero-order valence-corrected chi connectivity index (χ0v) is 12.6. The molecule has 1 amide bonds. The van der Waals surface area contributed by atoms with Gasteiger partial charge in [0.1, 0.15) is 5.75 Å². The van der Waals surface area contributed by atoms with Crippen LogP contribution in [0.4, 0.5) is 10.5 Å². The normalized spacial score (nSPS) is 10.5. The molecule has 0 aliphatic heterocycles. The van der Waals surface area contributed by atoms with Crippen LogP contribution in [0.2, 0.25) is 0 Å². The van der Waals surface area contributed by atoms with Crippen molar-refractivity contribution in [2.75, 3.05) is 5.32 Å². The quantitative estimate of drug-likeness (QED) is 0.716. The summed E-state index contributed by atoms with van der Waals surface area (Å²) in [4.78, 5) is 12.0. The van der Waals surface area contributed by atoms with Crippen molar-refractivity contribution in [1.82, 2.24) is 0 Å². The highest BCUT2D eigenvalue weighted by atomic mass is 16.6. The van der Waals surface area contributed by atoms with E-state index in [1.54, 1.807) is 6.07 Å².